The number of halogens is 2. The van der Waals surface area contributed by atoms with Gasteiger partial charge in [0.15, 0.2) is 0 Å². The number of benzene rings is 1. The first kappa shape index (κ1) is 17.1. The molecule has 1 aromatic carbocycles. The highest BCUT2D eigenvalue weighted by Crippen LogP contribution is 2.28. The summed E-state index contributed by atoms with van der Waals surface area (Å²) in [5.74, 6) is 0. The maximum atomic E-state index is 12.5. The molecule has 0 aliphatic carbocycles. The molecule has 0 heterocycles. The zero-order chi connectivity index (χ0) is 14.7. The summed E-state index contributed by atoms with van der Waals surface area (Å²) < 4.78 is 29.3. The third kappa shape index (κ3) is 4.03. The van der Waals surface area contributed by atoms with E-state index >= 15 is 0 Å². The molecule has 0 aliphatic heterocycles. The summed E-state index contributed by atoms with van der Waals surface area (Å²) in [7, 11) is -3.52. The van der Waals surface area contributed by atoms with E-state index in [0.717, 1.165) is 23.7 Å². The van der Waals surface area contributed by atoms with Gasteiger partial charge in [-0.25, -0.2) is 13.1 Å². The molecule has 6 heteroatoms. The Morgan fingerprint density at radius 2 is 1.63 bits per heavy atom. The third-order valence-corrected chi connectivity index (χ3v) is 6.61. The second-order valence-electron chi connectivity index (χ2n) is 4.52. The van der Waals surface area contributed by atoms with Gasteiger partial charge in [-0.3, -0.25) is 0 Å². The van der Waals surface area contributed by atoms with E-state index in [2.05, 4.69) is 36.6 Å². The standard InChI is InChI=1S/C13H19Br2NO2S/c1-4-13(5-2,6-3)16-19(17,18)12-8-7-10(14)9-11(12)15/h7-9,16H,4-6H2,1-3H3. The molecule has 0 saturated heterocycles. The number of sulfonamides is 1. The molecule has 0 atom stereocenters. The molecular weight excluding hydrogens is 394 g/mol. The smallest absolute Gasteiger partial charge is 0.207 e. The van der Waals surface area contributed by atoms with Crippen LogP contribution < -0.4 is 4.72 Å². The molecule has 1 aromatic rings. The van der Waals surface area contributed by atoms with Crippen LogP contribution in [-0.2, 0) is 10.0 Å². The van der Waals surface area contributed by atoms with Crippen LogP contribution in [0.3, 0.4) is 0 Å². The van der Waals surface area contributed by atoms with Crippen molar-refractivity contribution in [2.45, 2.75) is 50.5 Å². The lowest BCUT2D eigenvalue weighted by Crippen LogP contribution is -2.47. The quantitative estimate of drug-likeness (QED) is 0.749. The van der Waals surface area contributed by atoms with Crippen LogP contribution in [0.5, 0.6) is 0 Å². The van der Waals surface area contributed by atoms with Crippen LogP contribution in [0.1, 0.15) is 40.0 Å². The Balaban J connectivity index is 3.17. The lowest BCUT2D eigenvalue weighted by atomic mass is 9.91. The van der Waals surface area contributed by atoms with Gasteiger partial charge in [0.1, 0.15) is 0 Å². The lowest BCUT2D eigenvalue weighted by molar-refractivity contribution is 0.341. The molecule has 3 nitrogen and oxygen atoms in total. The summed E-state index contributed by atoms with van der Waals surface area (Å²) in [6, 6.07) is 5.06. The molecule has 108 valence electrons. The number of rotatable bonds is 6. The molecule has 0 aliphatic rings. The van der Waals surface area contributed by atoms with Gasteiger partial charge in [0, 0.05) is 14.5 Å². The maximum absolute atomic E-state index is 12.5. The average molecular weight is 413 g/mol. The Morgan fingerprint density at radius 3 is 2.05 bits per heavy atom. The predicted octanol–water partition coefficient (Wildman–Crippen LogP) is 4.46. The van der Waals surface area contributed by atoms with Crippen LogP contribution in [-0.4, -0.2) is 14.0 Å². The molecule has 0 unspecified atom stereocenters. The summed E-state index contributed by atoms with van der Waals surface area (Å²) in [5, 5.41) is 0. The summed E-state index contributed by atoms with van der Waals surface area (Å²) in [5.41, 5.74) is -0.370. The zero-order valence-electron chi connectivity index (χ0n) is 11.3. The third-order valence-electron chi connectivity index (χ3n) is 3.56. The summed E-state index contributed by atoms with van der Waals surface area (Å²) in [6.07, 6.45) is 2.31. The molecule has 1 rings (SSSR count). The maximum Gasteiger partial charge on any atom is 0.242 e. The van der Waals surface area contributed by atoms with Crippen LogP contribution >= 0.6 is 31.9 Å². The van der Waals surface area contributed by atoms with Gasteiger partial charge < -0.3 is 0 Å². The molecule has 0 amide bonds. The highest BCUT2D eigenvalue weighted by atomic mass is 79.9. The van der Waals surface area contributed by atoms with E-state index in [-0.39, 0.29) is 10.4 Å². The van der Waals surface area contributed by atoms with Crippen molar-refractivity contribution in [2.75, 3.05) is 0 Å². The van der Waals surface area contributed by atoms with Gasteiger partial charge in [-0.2, -0.15) is 0 Å². The lowest BCUT2D eigenvalue weighted by Gasteiger charge is -2.31. The van der Waals surface area contributed by atoms with Crippen molar-refractivity contribution in [1.29, 1.82) is 0 Å². The molecule has 1 N–H and O–H groups in total. The fourth-order valence-electron chi connectivity index (χ4n) is 2.00. The van der Waals surface area contributed by atoms with Crippen molar-refractivity contribution in [1.82, 2.24) is 4.72 Å². The van der Waals surface area contributed by atoms with Crippen LogP contribution in [0.15, 0.2) is 32.0 Å². The Morgan fingerprint density at radius 1 is 1.11 bits per heavy atom. The number of hydrogen-bond acceptors (Lipinski definition) is 2. The second-order valence-corrected chi connectivity index (χ2v) is 7.94. The van der Waals surface area contributed by atoms with Gasteiger partial charge in [0.2, 0.25) is 10.0 Å². The van der Waals surface area contributed by atoms with E-state index < -0.39 is 10.0 Å². The van der Waals surface area contributed by atoms with E-state index in [9.17, 15) is 8.42 Å². The van der Waals surface area contributed by atoms with E-state index in [1.165, 1.54) is 0 Å². The molecule has 0 spiro atoms. The van der Waals surface area contributed by atoms with Crippen molar-refractivity contribution < 1.29 is 8.42 Å². The Bertz CT molecular complexity index is 531. The molecule has 0 radical (unpaired) electrons. The van der Waals surface area contributed by atoms with Crippen LogP contribution in [0, 0.1) is 0 Å². The Labute approximate surface area is 132 Å². The molecule has 19 heavy (non-hydrogen) atoms. The van der Waals surface area contributed by atoms with Crippen molar-refractivity contribution in [2.24, 2.45) is 0 Å². The van der Waals surface area contributed by atoms with Crippen LogP contribution in [0.25, 0.3) is 0 Å². The summed E-state index contributed by atoms with van der Waals surface area (Å²) in [4.78, 5) is 0.274. The fourth-order valence-corrected chi connectivity index (χ4v) is 5.36. The SMILES string of the molecule is CCC(CC)(CC)NS(=O)(=O)c1ccc(Br)cc1Br. The number of hydrogen-bond donors (Lipinski definition) is 1. The van der Waals surface area contributed by atoms with Gasteiger partial charge in [-0.1, -0.05) is 36.7 Å². The first-order valence-corrected chi connectivity index (χ1v) is 9.36. The second kappa shape index (κ2) is 6.70. The summed E-state index contributed by atoms with van der Waals surface area (Å²) >= 11 is 6.63. The highest BCUT2D eigenvalue weighted by molar-refractivity contribution is 9.11. The minimum atomic E-state index is -3.52. The fraction of sp³-hybridized carbons (Fsp3) is 0.538. The molecule has 0 fully saturated rings. The topological polar surface area (TPSA) is 46.2 Å². The molecule has 0 bridgehead atoms. The van der Waals surface area contributed by atoms with Gasteiger partial charge in [-0.05, 0) is 53.4 Å². The largest absolute Gasteiger partial charge is 0.242 e. The van der Waals surface area contributed by atoms with Crippen molar-refractivity contribution in [3.05, 3.63) is 27.1 Å². The Hall–Kier alpha value is 0.0900. The molecular formula is C13H19Br2NO2S. The normalized spacial score (nSPS) is 12.7. The van der Waals surface area contributed by atoms with E-state index in [0.29, 0.717) is 4.47 Å². The highest BCUT2D eigenvalue weighted by Gasteiger charge is 2.31. The van der Waals surface area contributed by atoms with Gasteiger partial charge in [0.25, 0.3) is 0 Å². The summed E-state index contributed by atoms with van der Waals surface area (Å²) in [6.45, 7) is 6.02. The van der Waals surface area contributed by atoms with Gasteiger partial charge in [-0.15, -0.1) is 0 Å². The van der Waals surface area contributed by atoms with Crippen molar-refractivity contribution in [3.8, 4) is 0 Å². The first-order chi connectivity index (χ1) is 8.80. The van der Waals surface area contributed by atoms with Gasteiger partial charge in [0.05, 0.1) is 4.90 Å². The van der Waals surface area contributed by atoms with E-state index in [1.54, 1.807) is 18.2 Å². The Kier molecular flexibility index (Phi) is 6.04. The number of nitrogens with one attached hydrogen (secondary N) is 1. The molecule has 0 aromatic heterocycles. The average Bonchev–Trinajstić information content (AvgIpc) is 2.35. The van der Waals surface area contributed by atoms with E-state index in [1.807, 2.05) is 20.8 Å². The van der Waals surface area contributed by atoms with Crippen molar-refractivity contribution >= 4 is 41.9 Å². The monoisotopic (exact) mass is 411 g/mol. The van der Waals surface area contributed by atoms with Crippen molar-refractivity contribution in [3.63, 3.8) is 0 Å². The molecule has 0 saturated carbocycles. The predicted molar refractivity (Wildman–Crippen MR) is 85.8 cm³/mol. The minimum Gasteiger partial charge on any atom is -0.207 e. The first-order valence-electron chi connectivity index (χ1n) is 6.29. The van der Waals surface area contributed by atoms with Gasteiger partial charge >= 0.3 is 0 Å². The van der Waals surface area contributed by atoms with Crippen LogP contribution in [0.2, 0.25) is 0 Å². The van der Waals surface area contributed by atoms with E-state index in [4.69, 9.17) is 0 Å². The van der Waals surface area contributed by atoms with Crippen LogP contribution in [0.4, 0.5) is 0 Å². The zero-order valence-corrected chi connectivity index (χ0v) is 15.3. The minimum absolute atomic E-state index is 0.274.